The van der Waals surface area contributed by atoms with Crippen LogP contribution < -0.4 is 15.4 Å². The summed E-state index contributed by atoms with van der Waals surface area (Å²) in [6, 6.07) is 7.59. The quantitative estimate of drug-likeness (QED) is 0.696. The maximum Gasteiger partial charge on any atom is 0.273 e. The van der Waals surface area contributed by atoms with Crippen LogP contribution in [0.4, 0.5) is 0 Å². The van der Waals surface area contributed by atoms with Gasteiger partial charge in [-0.25, -0.2) is 4.98 Å². The first kappa shape index (κ1) is 20.9. The molecule has 2 N–H and O–H groups in total. The summed E-state index contributed by atoms with van der Waals surface area (Å²) in [5, 5.41) is 5.82. The van der Waals surface area contributed by atoms with Gasteiger partial charge in [-0.1, -0.05) is 12.1 Å². The van der Waals surface area contributed by atoms with Gasteiger partial charge >= 0.3 is 0 Å². The molecular weight excluding hydrogens is 398 g/mol. The number of hydrogen-bond acceptors (Lipinski definition) is 5. The summed E-state index contributed by atoms with van der Waals surface area (Å²) in [7, 11) is 1.60. The van der Waals surface area contributed by atoms with Crippen molar-refractivity contribution in [2.45, 2.75) is 51.4 Å². The van der Waals surface area contributed by atoms with Gasteiger partial charge in [0, 0.05) is 19.1 Å². The van der Waals surface area contributed by atoms with Crippen LogP contribution in [0.3, 0.4) is 0 Å². The van der Waals surface area contributed by atoms with Crippen molar-refractivity contribution >= 4 is 17.7 Å². The van der Waals surface area contributed by atoms with Crippen molar-refractivity contribution in [1.82, 2.24) is 25.1 Å². The molecule has 1 aromatic heterocycles. The molecule has 0 bridgehead atoms. The van der Waals surface area contributed by atoms with Gasteiger partial charge in [0.05, 0.1) is 20.0 Å². The fourth-order valence-corrected chi connectivity index (χ4v) is 3.95. The standard InChI is InChI=1S/C22H27N5O4/c1-4-27-20(29)18-17(19(28)25-15-7-8-15)24-13-26(18)12-22(27,2)21(30)23-11-14-5-9-16(31-3)10-6-14/h5-6,9-10,13,15H,4,7-8,11-12H2,1-3H3,(H,23,30)(H,25,28). The van der Waals surface area contributed by atoms with Gasteiger partial charge in [0.15, 0.2) is 5.69 Å². The van der Waals surface area contributed by atoms with Gasteiger partial charge < -0.3 is 24.8 Å². The van der Waals surface area contributed by atoms with Crippen LogP contribution in [0.25, 0.3) is 0 Å². The van der Waals surface area contributed by atoms with Gasteiger partial charge in [-0.05, 0) is 44.4 Å². The Bertz CT molecular complexity index is 1010. The van der Waals surface area contributed by atoms with Crippen molar-refractivity contribution in [3.63, 3.8) is 0 Å². The number of carbonyl (C=O) groups excluding carboxylic acids is 3. The van der Waals surface area contributed by atoms with Gasteiger partial charge in [-0.2, -0.15) is 0 Å². The van der Waals surface area contributed by atoms with Crippen molar-refractivity contribution in [1.29, 1.82) is 0 Å². The second kappa shape index (κ2) is 8.05. The lowest BCUT2D eigenvalue weighted by Crippen LogP contribution is -2.63. The fourth-order valence-electron chi connectivity index (χ4n) is 3.95. The van der Waals surface area contributed by atoms with E-state index >= 15 is 0 Å². The second-order valence-electron chi connectivity index (χ2n) is 8.17. The molecule has 31 heavy (non-hydrogen) atoms. The van der Waals surface area contributed by atoms with E-state index < -0.39 is 5.54 Å². The number of nitrogens with one attached hydrogen (secondary N) is 2. The molecule has 1 aliphatic heterocycles. The summed E-state index contributed by atoms with van der Waals surface area (Å²) in [5.41, 5.74) is 0.178. The van der Waals surface area contributed by atoms with E-state index in [1.54, 1.807) is 18.6 Å². The number of aromatic nitrogens is 2. The smallest absolute Gasteiger partial charge is 0.273 e. The highest BCUT2D eigenvalue weighted by Gasteiger charge is 2.48. The normalized spacial score (nSPS) is 20.2. The van der Waals surface area contributed by atoms with Crippen molar-refractivity contribution in [2.75, 3.05) is 13.7 Å². The molecule has 1 atom stereocenters. The predicted molar refractivity (Wildman–Crippen MR) is 113 cm³/mol. The van der Waals surface area contributed by atoms with Crippen molar-refractivity contribution in [2.24, 2.45) is 0 Å². The average Bonchev–Trinajstić information content (AvgIpc) is 3.48. The Morgan fingerprint density at radius 1 is 1.26 bits per heavy atom. The lowest BCUT2D eigenvalue weighted by Gasteiger charge is -2.43. The highest BCUT2D eigenvalue weighted by atomic mass is 16.5. The van der Waals surface area contributed by atoms with Crippen LogP contribution in [0.1, 0.15) is 53.2 Å². The lowest BCUT2D eigenvalue weighted by atomic mass is 9.94. The maximum atomic E-state index is 13.3. The minimum Gasteiger partial charge on any atom is -0.497 e. The van der Waals surface area contributed by atoms with E-state index in [2.05, 4.69) is 15.6 Å². The van der Waals surface area contributed by atoms with Crippen LogP contribution in [-0.4, -0.2) is 57.4 Å². The molecule has 1 saturated carbocycles. The molecular formula is C22H27N5O4. The highest BCUT2D eigenvalue weighted by Crippen LogP contribution is 2.29. The van der Waals surface area contributed by atoms with E-state index in [4.69, 9.17) is 4.74 Å². The van der Waals surface area contributed by atoms with Gasteiger partial charge in [0.1, 0.15) is 17.0 Å². The molecule has 164 valence electrons. The molecule has 9 heteroatoms. The summed E-state index contributed by atoms with van der Waals surface area (Å²) in [6.45, 7) is 4.45. The SMILES string of the molecule is CCN1C(=O)c2c(C(=O)NC3CC3)ncn2CC1(C)C(=O)NCc1ccc(OC)cc1. The van der Waals surface area contributed by atoms with E-state index in [1.165, 1.54) is 11.2 Å². The molecule has 1 fully saturated rings. The number of ether oxygens (including phenoxy) is 1. The zero-order valence-electron chi connectivity index (χ0n) is 18.0. The topological polar surface area (TPSA) is 106 Å². The number of nitrogens with zero attached hydrogens (tertiary/aromatic N) is 3. The summed E-state index contributed by atoms with van der Waals surface area (Å²) in [4.78, 5) is 44.7. The zero-order valence-corrected chi connectivity index (χ0v) is 18.0. The minimum atomic E-state index is -1.10. The molecule has 0 radical (unpaired) electrons. The van der Waals surface area contributed by atoms with Gasteiger partial charge in [0.25, 0.3) is 11.8 Å². The molecule has 2 heterocycles. The van der Waals surface area contributed by atoms with E-state index in [-0.39, 0.29) is 41.7 Å². The van der Waals surface area contributed by atoms with Gasteiger partial charge in [-0.3, -0.25) is 14.4 Å². The van der Waals surface area contributed by atoms with Crippen LogP contribution in [0.15, 0.2) is 30.6 Å². The van der Waals surface area contributed by atoms with Crippen LogP contribution in [-0.2, 0) is 17.9 Å². The summed E-state index contributed by atoms with van der Waals surface area (Å²) in [5.74, 6) is -0.226. The first-order valence-corrected chi connectivity index (χ1v) is 10.5. The molecule has 1 unspecified atom stereocenters. The second-order valence-corrected chi connectivity index (χ2v) is 8.17. The monoisotopic (exact) mass is 425 g/mol. The Labute approximate surface area is 180 Å². The molecule has 4 rings (SSSR count). The highest BCUT2D eigenvalue weighted by molar-refractivity contribution is 6.07. The van der Waals surface area contributed by atoms with Crippen LogP contribution in [0.2, 0.25) is 0 Å². The van der Waals surface area contributed by atoms with E-state index in [1.807, 2.05) is 31.2 Å². The molecule has 3 amide bonds. The van der Waals surface area contributed by atoms with E-state index in [9.17, 15) is 14.4 Å². The number of benzene rings is 1. The Hall–Kier alpha value is -3.36. The molecule has 0 spiro atoms. The number of imidazole rings is 1. The predicted octanol–water partition coefficient (Wildman–Crippen LogP) is 1.33. The largest absolute Gasteiger partial charge is 0.497 e. The van der Waals surface area contributed by atoms with Crippen molar-refractivity contribution < 1.29 is 19.1 Å². The van der Waals surface area contributed by atoms with Crippen molar-refractivity contribution in [3.05, 3.63) is 47.5 Å². The number of fused-ring (bicyclic) bond motifs is 1. The van der Waals surface area contributed by atoms with Gasteiger partial charge in [0.2, 0.25) is 5.91 Å². The van der Waals surface area contributed by atoms with E-state index in [0.717, 1.165) is 24.2 Å². The first-order chi connectivity index (χ1) is 14.9. The van der Waals surface area contributed by atoms with Crippen LogP contribution >= 0.6 is 0 Å². The summed E-state index contributed by atoms with van der Waals surface area (Å²) < 4.78 is 6.77. The third kappa shape index (κ3) is 3.87. The zero-order chi connectivity index (χ0) is 22.2. The fraction of sp³-hybridized carbons (Fsp3) is 0.455. The number of amides is 3. The summed E-state index contributed by atoms with van der Waals surface area (Å²) >= 11 is 0. The molecule has 1 aromatic carbocycles. The number of carbonyl (C=O) groups is 3. The Morgan fingerprint density at radius 2 is 1.97 bits per heavy atom. The van der Waals surface area contributed by atoms with Gasteiger partial charge in [-0.15, -0.1) is 0 Å². The van der Waals surface area contributed by atoms with Crippen LogP contribution in [0.5, 0.6) is 5.75 Å². The maximum absolute atomic E-state index is 13.3. The number of methoxy groups -OCH3 is 1. The lowest BCUT2D eigenvalue weighted by molar-refractivity contribution is -0.132. The average molecular weight is 425 g/mol. The number of likely N-dealkylation sites (N-methyl/N-ethyl adjacent to an activating group) is 1. The Morgan fingerprint density at radius 3 is 2.58 bits per heavy atom. The number of hydrogen-bond donors (Lipinski definition) is 2. The van der Waals surface area contributed by atoms with Crippen molar-refractivity contribution in [3.8, 4) is 5.75 Å². The molecule has 9 nitrogen and oxygen atoms in total. The molecule has 0 saturated heterocycles. The van der Waals surface area contributed by atoms with E-state index in [0.29, 0.717) is 13.1 Å². The Balaban J connectivity index is 1.53. The third-order valence-electron chi connectivity index (χ3n) is 5.90. The molecule has 2 aliphatic rings. The molecule has 2 aromatic rings. The first-order valence-electron chi connectivity index (χ1n) is 10.5. The van der Waals surface area contributed by atoms with Crippen LogP contribution in [0, 0.1) is 0 Å². The Kier molecular flexibility index (Phi) is 5.43. The number of rotatable bonds is 7. The molecule has 1 aliphatic carbocycles. The minimum absolute atomic E-state index is 0.121. The third-order valence-corrected chi connectivity index (χ3v) is 5.90. The summed E-state index contributed by atoms with van der Waals surface area (Å²) in [6.07, 6.45) is 3.36.